The third-order valence-corrected chi connectivity index (χ3v) is 5.28. The van der Waals surface area contributed by atoms with Gasteiger partial charge in [0.25, 0.3) is 5.91 Å². The maximum absolute atomic E-state index is 12.5. The summed E-state index contributed by atoms with van der Waals surface area (Å²) in [6.07, 6.45) is 1.01. The van der Waals surface area contributed by atoms with Gasteiger partial charge in [-0.2, -0.15) is 0 Å². The van der Waals surface area contributed by atoms with E-state index in [2.05, 4.69) is 24.4 Å². The molecule has 0 aliphatic heterocycles. The van der Waals surface area contributed by atoms with Crippen molar-refractivity contribution < 1.29 is 9.53 Å². The van der Waals surface area contributed by atoms with Gasteiger partial charge in [0.05, 0.1) is 4.88 Å². The van der Waals surface area contributed by atoms with E-state index in [1.807, 2.05) is 36.6 Å². The highest BCUT2D eigenvalue weighted by molar-refractivity contribution is 7.12. The Balaban J connectivity index is 1.61. The van der Waals surface area contributed by atoms with E-state index in [1.54, 1.807) is 12.1 Å². The lowest BCUT2D eigenvalue weighted by Gasteiger charge is -2.07. The summed E-state index contributed by atoms with van der Waals surface area (Å²) in [4.78, 5) is 13.1. The van der Waals surface area contributed by atoms with Crippen molar-refractivity contribution >= 4 is 34.5 Å². The average Bonchev–Trinajstić information content (AvgIpc) is 3.12. The third kappa shape index (κ3) is 4.65. The molecule has 1 aromatic heterocycles. The van der Waals surface area contributed by atoms with Crippen LogP contribution in [0.2, 0.25) is 5.02 Å². The minimum atomic E-state index is -0.140. The number of rotatable bonds is 6. The molecule has 1 amide bonds. The molecule has 0 aliphatic carbocycles. The van der Waals surface area contributed by atoms with Gasteiger partial charge < -0.3 is 10.1 Å². The van der Waals surface area contributed by atoms with Crippen molar-refractivity contribution in [3.8, 4) is 5.75 Å². The van der Waals surface area contributed by atoms with Crippen molar-refractivity contribution in [2.24, 2.45) is 0 Å². The summed E-state index contributed by atoms with van der Waals surface area (Å²) in [5, 5.41) is 5.46. The highest BCUT2D eigenvalue weighted by Crippen LogP contribution is 2.23. The van der Waals surface area contributed by atoms with Gasteiger partial charge in [0.2, 0.25) is 0 Å². The van der Waals surface area contributed by atoms with Crippen molar-refractivity contribution in [1.82, 2.24) is 0 Å². The maximum Gasteiger partial charge on any atom is 0.265 e. The molecule has 0 atom stereocenters. The molecule has 3 rings (SSSR count). The number of anilines is 1. The van der Waals surface area contributed by atoms with Crippen molar-refractivity contribution in [3.05, 3.63) is 80.5 Å². The lowest BCUT2D eigenvalue weighted by molar-refractivity contribution is 0.103. The van der Waals surface area contributed by atoms with Gasteiger partial charge in [0.1, 0.15) is 12.4 Å². The van der Waals surface area contributed by atoms with Gasteiger partial charge in [-0.25, -0.2) is 0 Å². The molecule has 134 valence electrons. The van der Waals surface area contributed by atoms with Crippen LogP contribution in [-0.4, -0.2) is 5.91 Å². The van der Waals surface area contributed by atoms with E-state index in [1.165, 1.54) is 16.9 Å². The third-order valence-electron chi connectivity index (χ3n) is 4.06. The molecule has 1 N–H and O–H groups in total. The second-order valence-corrected chi connectivity index (χ2v) is 7.37. The summed E-state index contributed by atoms with van der Waals surface area (Å²) in [6.45, 7) is 4.49. The molecule has 0 saturated carbocycles. The molecule has 26 heavy (non-hydrogen) atoms. The van der Waals surface area contributed by atoms with Crippen molar-refractivity contribution in [2.75, 3.05) is 5.32 Å². The van der Waals surface area contributed by atoms with Crippen LogP contribution in [0.1, 0.15) is 33.3 Å². The van der Waals surface area contributed by atoms with Gasteiger partial charge in [-0.1, -0.05) is 36.7 Å². The molecular formula is C21H20ClNO2S. The lowest BCUT2D eigenvalue weighted by atomic mass is 10.2. The number of aryl methyl sites for hydroxylation is 2. The van der Waals surface area contributed by atoms with Gasteiger partial charge in [0.15, 0.2) is 0 Å². The number of amides is 1. The van der Waals surface area contributed by atoms with Crippen LogP contribution in [-0.2, 0) is 13.0 Å². The monoisotopic (exact) mass is 385 g/mol. The Morgan fingerprint density at radius 2 is 1.88 bits per heavy atom. The summed E-state index contributed by atoms with van der Waals surface area (Å²) < 4.78 is 5.80. The molecule has 0 spiro atoms. The number of hydrogen-bond acceptors (Lipinski definition) is 3. The first-order valence-corrected chi connectivity index (χ1v) is 9.67. The van der Waals surface area contributed by atoms with Gasteiger partial charge in [-0.15, -0.1) is 11.3 Å². The number of carbonyl (C=O) groups is 1. The van der Waals surface area contributed by atoms with Crippen LogP contribution in [0.4, 0.5) is 5.69 Å². The van der Waals surface area contributed by atoms with Gasteiger partial charge in [-0.3, -0.25) is 4.79 Å². The molecule has 0 radical (unpaired) electrons. The average molecular weight is 386 g/mol. The highest BCUT2D eigenvalue weighted by Gasteiger charge is 2.11. The summed E-state index contributed by atoms with van der Waals surface area (Å²) in [6, 6.07) is 15.4. The van der Waals surface area contributed by atoms with E-state index in [0.29, 0.717) is 16.5 Å². The first kappa shape index (κ1) is 18.5. The SMILES string of the molecule is CCc1ccc(OCc2csc(C(=O)Nc3cc(Cl)ccc3C)c2)cc1. The Hall–Kier alpha value is -2.30. The van der Waals surface area contributed by atoms with Crippen LogP contribution in [0.15, 0.2) is 53.9 Å². The van der Waals surface area contributed by atoms with E-state index in [9.17, 15) is 4.79 Å². The number of ether oxygens (including phenoxy) is 1. The molecule has 5 heteroatoms. The number of carbonyl (C=O) groups excluding carboxylic acids is 1. The number of halogens is 1. The summed E-state index contributed by atoms with van der Waals surface area (Å²) in [7, 11) is 0. The predicted octanol–water partition coefficient (Wildman–Crippen LogP) is 6.10. The number of benzene rings is 2. The fraction of sp³-hybridized carbons (Fsp3) is 0.190. The van der Waals surface area contributed by atoms with Crippen LogP contribution in [0.25, 0.3) is 0 Å². The molecular weight excluding hydrogens is 366 g/mol. The van der Waals surface area contributed by atoms with E-state index in [-0.39, 0.29) is 5.91 Å². The van der Waals surface area contributed by atoms with E-state index in [4.69, 9.17) is 16.3 Å². The predicted molar refractivity (Wildman–Crippen MR) is 109 cm³/mol. The fourth-order valence-corrected chi connectivity index (χ4v) is 3.44. The van der Waals surface area contributed by atoms with Crippen LogP contribution >= 0.6 is 22.9 Å². The topological polar surface area (TPSA) is 38.3 Å². The summed E-state index contributed by atoms with van der Waals surface area (Å²) in [5.74, 6) is 0.688. The van der Waals surface area contributed by atoms with Crippen LogP contribution in [0, 0.1) is 6.92 Å². The first-order valence-electron chi connectivity index (χ1n) is 8.42. The molecule has 3 nitrogen and oxygen atoms in total. The molecule has 0 saturated heterocycles. The van der Waals surface area contributed by atoms with E-state index >= 15 is 0 Å². The second-order valence-electron chi connectivity index (χ2n) is 6.02. The minimum Gasteiger partial charge on any atom is -0.489 e. The zero-order valence-corrected chi connectivity index (χ0v) is 16.3. The zero-order chi connectivity index (χ0) is 18.5. The van der Waals surface area contributed by atoms with E-state index in [0.717, 1.165) is 29.0 Å². The smallest absolute Gasteiger partial charge is 0.265 e. The molecule has 0 bridgehead atoms. The Labute approximate surface area is 162 Å². The number of hydrogen-bond donors (Lipinski definition) is 1. The van der Waals surface area contributed by atoms with Crippen molar-refractivity contribution in [3.63, 3.8) is 0 Å². The van der Waals surface area contributed by atoms with Gasteiger partial charge in [0, 0.05) is 16.3 Å². The van der Waals surface area contributed by atoms with Crippen LogP contribution < -0.4 is 10.1 Å². The Morgan fingerprint density at radius 1 is 1.12 bits per heavy atom. The fourth-order valence-electron chi connectivity index (χ4n) is 2.47. The Morgan fingerprint density at radius 3 is 2.62 bits per heavy atom. The Bertz CT molecular complexity index is 903. The van der Waals surface area contributed by atoms with Crippen molar-refractivity contribution in [1.29, 1.82) is 0 Å². The highest BCUT2D eigenvalue weighted by atomic mass is 35.5. The largest absolute Gasteiger partial charge is 0.489 e. The summed E-state index contributed by atoms with van der Waals surface area (Å²) in [5.41, 5.74) is 3.95. The van der Waals surface area contributed by atoms with Gasteiger partial charge in [-0.05, 0) is 60.2 Å². The molecule has 2 aromatic carbocycles. The second kappa shape index (κ2) is 8.39. The lowest BCUT2D eigenvalue weighted by Crippen LogP contribution is -2.11. The number of nitrogens with one attached hydrogen (secondary N) is 1. The van der Waals surface area contributed by atoms with Crippen LogP contribution in [0.3, 0.4) is 0 Å². The number of thiophene rings is 1. The molecule has 0 aliphatic rings. The van der Waals surface area contributed by atoms with Crippen LogP contribution in [0.5, 0.6) is 5.75 Å². The zero-order valence-electron chi connectivity index (χ0n) is 14.7. The molecule has 3 aromatic rings. The molecule has 1 heterocycles. The quantitative estimate of drug-likeness (QED) is 0.556. The van der Waals surface area contributed by atoms with E-state index < -0.39 is 0 Å². The minimum absolute atomic E-state index is 0.140. The molecule has 0 unspecified atom stereocenters. The summed E-state index contributed by atoms with van der Waals surface area (Å²) >= 11 is 7.41. The molecule has 0 fully saturated rings. The van der Waals surface area contributed by atoms with Gasteiger partial charge >= 0.3 is 0 Å². The standard InChI is InChI=1S/C21H20ClNO2S/c1-3-15-5-8-18(9-6-15)25-12-16-10-20(26-13-16)21(24)23-19-11-17(22)7-4-14(19)2/h4-11,13H,3,12H2,1-2H3,(H,23,24). The normalized spacial score (nSPS) is 10.6. The Kier molecular flexibility index (Phi) is 5.96. The van der Waals surface area contributed by atoms with Crippen molar-refractivity contribution in [2.45, 2.75) is 26.9 Å². The maximum atomic E-state index is 12.5. The first-order chi connectivity index (χ1) is 12.5.